The van der Waals surface area contributed by atoms with Crippen LogP contribution in [-0.4, -0.2) is 48.1 Å². The molecule has 2 aliphatic heterocycles. The molecule has 3 atom stereocenters. The van der Waals surface area contributed by atoms with E-state index in [4.69, 9.17) is 17.3 Å². The fraction of sp³-hybridized carbons (Fsp3) is 0.647. The lowest BCUT2D eigenvalue weighted by atomic mass is 9.98. The molecule has 0 spiro atoms. The zero-order valence-corrected chi connectivity index (χ0v) is 13.6. The lowest BCUT2D eigenvalue weighted by Gasteiger charge is -2.35. The zero-order chi connectivity index (χ0) is 14.8. The van der Waals surface area contributed by atoms with Crippen molar-refractivity contribution in [3.8, 4) is 0 Å². The Labute approximate surface area is 133 Å². The summed E-state index contributed by atoms with van der Waals surface area (Å²) < 4.78 is 0. The van der Waals surface area contributed by atoms with Crippen molar-refractivity contribution in [2.24, 2.45) is 5.73 Å². The Kier molecular flexibility index (Phi) is 4.85. The first-order chi connectivity index (χ1) is 10.1. The van der Waals surface area contributed by atoms with Crippen molar-refractivity contribution in [1.82, 2.24) is 9.80 Å². The van der Waals surface area contributed by atoms with Crippen LogP contribution in [0.2, 0.25) is 5.02 Å². The normalized spacial score (nSPS) is 27.1. The predicted molar refractivity (Wildman–Crippen MR) is 88.6 cm³/mol. The van der Waals surface area contributed by atoms with E-state index in [0.29, 0.717) is 6.04 Å². The van der Waals surface area contributed by atoms with Crippen LogP contribution in [0.1, 0.15) is 37.8 Å². The summed E-state index contributed by atoms with van der Waals surface area (Å²) in [5, 5.41) is 0.801. The quantitative estimate of drug-likeness (QED) is 0.932. The van der Waals surface area contributed by atoms with Gasteiger partial charge in [0.05, 0.1) is 0 Å². The molecule has 0 aliphatic carbocycles. The SMILES string of the molecule is CC(N)C(c1cccc(Cl)c1)N1CCCN2CCCC2C1. The molecule has 0 aromatic heterocycles. The van der Waals surface area contributed by atoms with Gasteiger partial charge in [-0.15, -0.1) is 0 Å². The van der Waals surface area contributed by atoms with Crippen molar-refractivity contribution in [1.29, 1.82) is 0 Å². The molecule has 1 aromatic carbocycles. The average Bonchev–Trinajstić information content (AvgIpc) is 2.77. The fourth-order valence-electron chi connectivity index (χ4n) is 4.03. The van der Waals surface area contributed by atoms with Gasteiger partial charge in [-0.2, -0.15) is 0 Å². The van der Waals surface area contributed by atoms with Crippen LogP contribution < -0.4 is 5.73 Å². The van der Waals surface area contributed by atoms with Crippen LogP contribution in [0.15, 0.2) is 24.3 Å². The Hall–Kier alpha value is -0.610. The van der Waals surface area contributed by atoms with E-state index in [2.05, 4.69) is 28.9 Å². The van der Waals surface area contributed by atoms with Crippen LogP contribution in [0.25, 0.3) is 0 Å². The first-order valence-electron chi connectivity index (χ1n) is 8.14. The van der Waals surface area contributed by atoms with Gasteiger partial charge in [-0.3, -0.25) is 9.80 Å². The maximum atomic E-state index is 6.34. The monoisotopic (exact) mass is 307 g/mol. The maximum Gasteiger partial charge on any atom is 0.0497 e. The number of benzene rings is 1. The van der Waals surface area contributed by atoms with Gasteiger partial charge < -0.3 is 5.73 Å². The van der Waals surface area contributed by atoms with Gasteiger partial charge in [0.1, 0.15) is 0 Å². The van der Waals surface area contributed by atoms with E-state index in [-0.39, 0.29) is 12.1 Å². The zero-order valence-electron chi connectivity index (χ0n) is 12.8. The summed E-state index contributed by atoms with van der Waals surface area (Å²) in [6.07, 6.45) is 3.91. The highest BCUT2D eigenvalue weighted by molar-refractivity contribution is 6.30. The molecule has 1 aromatic rings. The molecule has 21 heavy (non-hydrogen) atoms. The first-order valence-corrected chi connectivity index (χ1v) is 8.52. The molecule has 2 heterocycles. The Morgan fingerprint density at radius 1 is 1.24 bits per heavy atom. The molecule has 3 unspecified atom stereocenters. The largest absolute Gasteiger partial charge is 0.326 e. The number of halogens is 1. The maximum absolute atomic E-state index is 6.34. The van der Waals surface area contributed by atoms with E-state index in [1.54, 1.807) is 0 Å². The van der Waals surface area contributed by atoms with Crippen molar-refractivity contribution in [3.05, 3.63) is 34.9 Å². The Morgan fingerprint density at radius 3 is 2.81 bits per heavy atom. The number of hydrogen-bond donors (Lipinski definition) is 1. The number of rotatable bonds is 3. The highest BCUT2D eigenvalue weighted by Gasteiger charge is 2.33. The second-order valence-corrected chi connectivity index (χ2v) is 6.98. The number of fused-ring (bicyclic) bond motifs is 1. The third-order valence-electron chi connectivity index (χ3n) is 4.92. The fourth-order valence-corrected chi connectivity index (χ4v) is 4.22. The first kappa shape index (κ1) is 15.3. The van der Waals surface area contributed by atoms with Crippen molar-refractivity contribution >= 4 is 11.6 Å². The van der Waals surface area contributed by atoms with Gasteiger partial charge in [0.15, 0.2) is 0 Å². The molecule has 0 saturated carbocycles. The second-order valence-electron chi connectivity index (χ2n) is 6.54. The minimum Gasteiger partial charge on any atom is -0.326 e. The van der Waals surface area contributed by atoms with E-state index in [0.717, 1.165) is 18.1 Å². The van der Waals surface area contributed by atoms with Gasteiger partial charge in [0, 0.05) is 36.2 Å². The average molecular weight is 308 g/mol. The van der Waals surface area contributed by atoms with Gasteiger partial charge in [-0.25, -0.2) is 0 Å². The molecular formula is C17H26ClN3. The van der Waals surface area contributed by atoms with Crippen LogP contribution in [-0.2, 0) is 0 Å². The van der Waals surface area contributed by atoms with Crippen LogP contribution in [0.5, 0.6) is 0 Å². The standard InChI is InChI=1S/C17H26ClN3/c1-13(19)17(14-5-2-6-15(18)11-14)21-10-4-9-20-8-3-7-16(20)12-21/h2,5-6,11,13,16-17H,3-4,7-10,12,19H2,1H3. The van der Waals surface area contributed by atoms with Gasteiger partial charge in [0.25, 0.3) is 0 Å². The Bertz CT molecular complexity index is 477. The highest BCUT2D eigenvalue weighted by atomic mass is 35.5. The lowest BCUT2D eigenvalue weighted by molar-refractivity contribution is 0.157. The minimum atomic E-state index is 0.108. The van der Waals surface area contributed by atoms with Crippen molar-refractivity contribution in [2.45, 2.75) is 44.3 Å². The highest BCUT2D eigenvalue weighted by Crippen LogP contribution is 2.30. The van der Waals surface area contributed by atoms with Gasteiger partial charge in [-0.05, 0) is 57.0 Å². The van der Waals surface area contributed by atoms with Crippen molar-refractivity contribution in [2.75, 3.05) is 26.2 Å². The van der Waals surface area contributed by atoms with Crippen LogP contribution >= 0.6 is 11.6 Å². The lowest BCUT2D eigenvalue weighted by Crippen LogP contribution is -2.44. The molecule has 0 bridgehead atoms. The minimum absolute atomic E-state index is 0.108. The second kappa shape index (κ2) is 6.66. The van der Waals surface area contributed by atoms with Gasteiger partial charge >= 0.3 is 0 Å². The molecule has 3 rings (SSSR count). The molecular weight excluding hydrogens is 282 g/mol. The Balaban J connectivity index is 1.83. The molecule has 2 aliphatic rings. The van der Waals surface area contributed by atoms with E-state index in [1.807, 2.05) is 12.1 Å². The van der Waals surface area contributed by atoms with Gasteiger partial charge in [-0.1, -0.05) is 23.7 Å². The van der Waals surface area contributed by atoms with Crippen LogP contribution in [0.3, 0.4) is 0 Å². The smallest absolute Gasteiger partial charge is 0.0497 e. The topological polar surface area (TPSA) is 32.5 Å². The molecule has 2 N–H and O–H groups in total. The van der Waals surface area contributed by atoms with E-state index in [1.165, 1.54) is 37.9 Å². The number of nitrogens with two attached hydrogens (primary N) is 1. The summed E-state index contributed by atoms with van der Waals surface area (Å²) in [5.41, 5.74) is 7.59. The molecule has 116 valence electrons. The van der Waals surface area contributed by atoms with Crippen LogP contribution in [0.4, 0.5) is 0 Å². The summed E-state index contributed by atoms with van der Waals surface area (Å²) in [6, 6.07) is 9.30. The summed E-state index contributed by atoms with van der Waals surface area (Å²) in [6.45, 7) is 6.90. The number of nitrogens with zero attached hydrogens (tertiary/aromatic N) is 2. The molecule has 2 fully saturated rings. The molecule has 4 heteroatoms. The summed E-state index contributed by atoms with van der Waals surface area (Å²) in [4.78, 5) is 5.25. The Morgan fingerprint density at radius 2 is 2.05 bits per heavy atom. The summed E-state index contributed by atoms with van der Waals surface area (Å²) in [5.74, 6) is 0. The molecule has 0 radical (unpaired) electrons. The predicted octanol–water partition coefficient (Wildman–Crippen LogP) is 2.90. The number of hydrogen-bond acceptors (Lipinski definition) is 3. The summed E-state index contributed by atoms with van der Waals surface area (Å²) >= 11 is 6.19. The van der Waals surface area contributed by atoms with E-state index in [9.17, 15) is 0 Å². The van der Waals surface area contributed by atoms with Gasteiger partial charge in [0.2, 0.25) is 0 Å². The van der Waals surface area contributed by atoms with E-state index >= 15 is 0 Å². The molecule has 2 saturated heterocycles. The summed E-state index contributed by atoms with van der Waals surface area (Å²) in [7, 11) is 0. The van der Waals surface area contributed by atoms with Crippen LogP contribution in [0, 0.1) is 0 Å². The third-order valence-corrected chi connectivity index (χ3v) is 5.15. The molecule has 3 nitrogen and oxygen atoms in total. The van der Waals surface area contributed by atoms with Crippen molar-refractivity contribution < 1.29 is 0 Å². The molecule has 0 amide bonds. The van der Waals surface area contributed by atoms with E-state index < -0.39 is 0 Å². The third kappa shape index (κ3) is 3.42. The van der Waals surface area contributed by atoms with Crippen molar-refractivity contribution in [3.63, 3.8) is 0 Å².